The maximum absolute atomic E-state index is 7.38. The number of hydrogen-bond donors (Lipinski definition) is 2. The van der Waals surface area contributed by atoms with E-state index in [1.165, 1.54) is 18.9 Å². The van der Waals surface area contributed by atoms with Crippen LogP contribution >= 0.6 is 0 Å². The molecule has 2 unspecified atom stereocenters. The summed E-state index contributed by atoms with van der Waals surface area (Å²) in [7, 11) is -3.68. The molecule has 220 valence electrons. The zero-order valence-electron chi connectivity index (χ0n) is 26.1. The fourth-order valence-electron chi connectivity index (χ4n) is 5.34. The third-order valence-corrected chi connectivity index (χ3v) is 19.0. The predicted molar refractivity (Wildman–Crippen MR) is 174 cm³/mol. The van der Waals surface area contributed by atoms with Gasteiger partial charge in [-0.05, 0) is 106 Å². The van der Waals surface area contributed by atoms with Gasteiger partial charge >= 0.3 is 0 Å². The van der Waals surface area contributed by atoms with Crippen LogP contribution < -0.4 is 20.9 Å². The summed E-state index contributed by atoms with van der Waals surface area (Å²) in [5.41, 5.74) is 13.1. The fourth-order valence-corrected chi connectivity index (χ4v) is 13.0. The van der Waals surface area contributed by atoms with Gasteiger partial charge in [0.25, 0.3) is 0 Å². The molecule has 0 aliphatic carbocycles. The maximum Gasteiger partial charge on any atom is 0.192 e. The summed E-state index contributed by atoms with van der Waals surface area (Å²) < 4.78 is 19.3. The van der Waals surface area contributed by atoms with Crippen molar-refractivity contribution in [1.82, 2.24) is 0 Å². The van der Waals surface area contributed by atoms with Gasteiger partial charge in [0.05, 0.1) is 21.3 Å². The van der Waals surface area contributed by atoms with Crippen LogP contribution in [0.4, 0.5) is 11.4 Å². The number of ether oxygens (including phenoxy) is 2. The van der Waals surface area contributed by atoms with Gasteiger partial charge in [0.1, 0.15) is 11.5 Å². The Morgan fingerprint density at radius 1 is 0.667 bits per heavy atom. The van der Waals surface area contributed by atoms with E-state index < -0.39 is 16.4 Å². The predicted octanol–water partition coefficient (Wildman–Crippen LogP) is 9.07. The Morgan fingerprint density at radius 3 is 1.56 bits per heavy atom. The second-order valence-electron chi connectivity index (χ2n) is 12.7. The number of unbranched alkanes of at least 4 members (excludes halogenated alkanes) is 2. The highest BCUT2D eigenvalue weighted by molar-refractivity contribution is 6.82. The third-order valence-electron chi connectivity index (χ3n) is 9.44. The molecular weight excluding hydrogens is 517 g/mol. The van der Waals surface area contributed by atoms with Crippen LogP contribution in [0.25, 0.3) is 0 Å². The molecule has 2 atom stereocenters. The molecule has 2 aromatic carbocycles. The van der Waals surface area contributed by atoms with Crippen LogP contribution in [0, 0.1) is 0 Å². The Morgan fingerprint density at radius 2 is 1.13 bits per heavy atom. The smallest absolute Gasteiger partial charge is 0.192 e. The molecule has 0 saturated carbocycles. The van der Waals surface area contributed by atoms with Gasteiger partial charge in [0.15, 0.2) is 8.32 Å². The van der Waals surface area contributed by atoms with Crippen LogP contribution in [0.1, 0.15) is 72.6 Å². The first-order valence-corrected chi connectivity index (χ1v) is 21.1. The average molecular weight is 573 g/mol. The van der Waals surface area contributed by atoms with Gasteiger partial charge in [-0.3, -0.25) is 0 Å². The van der Waals surface area contributed by atoms with Gasteiger partial charge in [-0.1, -0.05) is 52.8 Å². The van der Waals surface area contributed by atoms with E-state index in [0.29, 0.717) is 0 Å². The molecule has 2 rings (SSSR count). The monoisotopic (exact) mass is 572 g/mol. The number of nitrogen functional groups attached to an aromatic ring is 2. The highest BCUT2D eigenvalue weighted by Gasteiger charge is 2.51. The van der Waals surface area contributed by atoms with Crippen molar-refractivity contribution in [1.29, 1.82) is 0 Å². The minimum atomic E-state index is -2.01. The molecule has 0 bridgehead atoms. The molecule has 0 amide bonds. The summed E-state index contributed by atoms with van der Waals surface area (Å²) in [6.07, 6.45) is 7.83. The second-order valence-corrected chi connectivity index (χ2v) is 22.5. The molecule has 0 saturated heterocycles. The second kappa shape index (κ2) is 14.6. The van der Waals surface area contributed by atoms with E-state index in [4.69, 9.17) is 25.4 Å². The Labute approximate surface area is 241 Å². The normalized spacial score (nSPS) is 15.4. The highest BCUT2D eigenvalue weighted by Crippen LogP contribution is 2.49. The standard InChI is InChI=1S/C32H56N2O3Si2/c1-9-31(3,23-11-12-24-35-29-19-15-27(33)16-20-29)39(7,8)37-32(4,10-2)38(5,6)26-14-13-25-36-30-21-17-28(34)18-22-30/h15-22H,9-14,23-26,33-34H2,1-8H3. The molecule has 0 aliphatic heterocycles. The van der Waals surface area contributed by atoms with Gasteiger partial charge in [-0.15, -0.1) is 0 Å². The molecule has 7 heteroatoms. The first-order valence-electron chi connectivity index (χ1n) is 14.9. The van der Waals surface area contributed by atoms with Crippen molar-refractivity contribution < 1.29 is 13.9 Å². The van der Waals surface area contributed by atoms with Crippen LogP contribution in [-0.4, -0.2) is 34.8 Å². The lowest BCUT2D eigenvalue weighted by Crippen LogP contribution is -2.60. The Hall–Kier alpha value is -1.97. The molecule has 39 heavy (non-hydrogen) atoms. The van der Waals surface area contributed by atoms with Gasteiger partial charge < -0.3 is 25.4 Å². The number of anilines is 2. The van der Waals surface area contributed by atoms with Crippen molar-refractivity contribution >= 4 is 27.8 Å². The number of nitrogens with two attached hydrogens (primary N) is 2. The molecular formula is C32H56N2O3Si2. The summed E-state index contributed by atoms with van der Waals surface area (Å²) in [4.78, 5) is 0. The molecule has 0 heterocycles. The lowest BCUT2D eigenvalue weighted by molar-refractivity contribution is 0.133. The van der Waals surface area contributed by atoms with Crippen molar-refractivity contribution in [3.63, 3.8) is 0 Å². The van der Waals surface area contributed by atoms with Gasteiger partial charge in [0.2, 0.25) is 0 Å². The molecule has 0 aliphatic rings. The van der Waals surface area contributed by atoms with Crippen molar-refractivity contribution in [2.45, 2.75) is 115 Å². The van der Waals surface area contributed by atoms with Crippen LogP contribution in [0.5, 0.6) is 11.5 Å². The van der Waals surface area contributed by atoms with Gasteiger partial charge in [0, 0.05) is 16.6 Å². The fraction of sp³-hybridized carbons (Fsp3) is 0.625. The molecule has 0 aromatic heterocycles. The lowest BCUT2D eigenvalue weighted by Gasteiger charge is -2.52. The largest absolute Gasteiger partial charge is 0.494 e. The Bertz CT molecular complexity index is 982. The van der Waals surface area contributed by atoms with Gasteiger partial charge in [-0.25, -0.2) is 0 Å². The summed E-state index contributed by atoms with van der Waals surface area (Å²) in [5.74, 6) is 1.79. The van der Waals surface area contributed by atoms with Crippen LogP contribution in [0.15, 0.2) is 48.5 Å². The number of hydrogen-bond acceptors (Lipinski definition) is 5. The van der Waals surface area contributed by atoms with Crippen molar-refractivity contribution in [3.8, 4) is 11.5 Å². The van der Waals surface area contributed by atoms with Crippen molar-refractivity contribution in [3.05, 3.63) is 48.5 Å². The van der Waals surface area contributed by atoms with Crippen LogP contribution in [0.2, 0.25) is 37.3 Å². The van der Waals surface area contributed by atoms with E-state index in [1.807, 2.05) is 48.5 Å². The minimum absolute atomic E-state index is 0.0325. The van der Waals surface area contributed by atoms with Crippen LogP contribution in [-0.2, 0) is 4.43 Å². The Kier molecular flexibility index (Phi) is 12.4. The topological polar surface area (TPSA) is 79.7 Å². The molecule has 4 N–H and O–H groups in total. The maximum atomic E-state index is 7.38. The third kappa shape index (κ3) is 9.57. The molecule has 0 fully saturated rings. The molecule has 0 radical (unpaired) electrons. The van der Waals surface area contributed by atoms with E-state index >= 15 is 0 Å². The lowest BCUT2D eigenvalue weighted by atomic mass is 10.0. The molecule has 0 spiro atoms. The number of benzene rings is 2. The van der Waals surface area contributed by atoms with Crippen molar-refractivity contribution in [2.24, 2.45) is 0 Å². The van der Waals surface area contributed by atoms with E-state index in [2.05, 4.69) is 53.9 Å². The van der Waals surface area contributed by atoms with Gasteiger partial charge in [-0.2, -0.15) is 0 Å². The van der Waals surface area contributed by atoms with E-state index in [-0.39, 0.29) is 10.3 Å². The SMILES string of the molecule is CCC(C)(O[Si](C)(C)C(C)(CC)CCCCOc1ccc(N)cc1)[Si](C)(C)CCCCOc1ccc(N)cc1. The van der Waals surface area contributed by atoms with E-state index in [1.54, 1.807) is 0 Å². The summed E-state index contributed by atoms with van der Waals surface area (Å²) in [6.45, 7) is 21.0. The first kappa shape index (κ1) is 33.2. The minimum Gasteiger partial charge on any atom is -0.494 e. The van der Waals surface area contributed by atoms with E-state index in [0.717, 1.165) is 68.2 Å². The molecule has 2 aromatic rings. The van der Waals surface area contributed by atoms with E-state index in [9.17, 15) is 0 Å². The zero-order chi connectivity index (χ0) is 29.2. The van der Waals surface area contributed by atoms with Crippen LogP contribution in [0.3, 0.4) is 0 Å². The quantitative estimate of drug-likeness (QED) is 0.106. The summed E-state index contributed by atoms with van der Waals surface area (Å²) >= 11 is 0. The molecule has 5 nitrogen and oxygen atoms in total. The summed E-state index contributed by atoms with van der Waals surface area (Å²) in [6, 6.07) is 16.6. The highest BCUT2D eigenvalue weighted by atomic mass is 28.4. The Balaban J connectivity index is 1.88. The number of rotatable bonds is 18. The summed E-state index contributed by atoms with van der Waals surface area (Å²) in [5, 5.41) is 0.192. The first-order chi connectivity index (χ1) is 18.3. The zero-order valence-corrected chi connectivity index (χ0v) is 28.1. The average Bonchev–Trinajstić information content (AvgIpc) is 2.89. The van der Waals surface area contributed by atoms with Crippen molar-refractivity contribution in [2.75, 3.05) is 24.7 Å².